The van der Waals surface area contributed by atoms with E-state index in [4.69, 9.17) is 4.74 Å². The Balaban J connectivity index is 1.25. The summed E-state index contributed by atoms with van der Waals surface area (Å²) in [5, 5.41) is 11.5. The van der Waals surface area contributed by atoms with E-state index in [9.17, 15) is 32.9 Å². The van der Waals surface area contributed by atoms with Gasteiger partial charge in [-0.15, -0.1) is 0 Å². The summed E-state index contributed by atoms with van der Waals surface area (Å²) in [5.74, 6) is -0.213. The summed E-state index contributed by atoms with van der Waals surface area (Å²) in [5.41, 5.74) is -0.838. The fraction of sp³-hybridized carbons (Fsp3) is 0.348. The standard InChI is InChI=1S/C23H19F3N6O5/c24-23(25,26)13-7-16(10-27-9-13)30-11-20(33)31(22(30)34)14-1-4-17(5-2-14)37-21-18-6-3-15(32(35)36)8-19(18)28-12-29-21/h3,6-10,12,14,17H,1-2,4-5,11H2. The van der Waals surface area contributed by atoms with Crippen molar-refractivity contribution in [2.45, 2.75) is 44.0 Å². The number of urea groups is 1. The Morgan fingerprint density at radius 1 is 1.05 bits per heavy atom. The summed E-state index contributed by atoms with van der Waals surface area (Å²) in [7, 11) is 0. The predicted octanol–water partition coefficient (Wildman–Crippen LogP) is 4.11. The molecule has 1 saturated heterocycles. The van der Waals surface area contributed by atoms with Crippen LogP contribution in [0.3, 0.4) is 0 Å². The third kappa shape index (κ3) is 4.73. The number of non-ortho nitro benzene ring substituents is 1. The number of hydrogen-bond acceptors (Lipinski definition) is 8. The van der Waals surface area contributed by atoms with Crippen LogP contribution in [0, 0.1) is 10.1 Å². The molecule has 192 valence electrons. The maximum Gasteiger partial charge on any atom is 0.417 e. The Morgan fingerprint density at radius 3 is 2.51 bits per heavy atom. The van der Waals surface area contributed by atoms with Crippen LogP contribution in [-0.4, -0.2) is 55.4 Å². The lowest BCUT2D eigenvalue weighted by molar-refractivity contribution is -0.384. The summed E-state index contributed by atoms with van der Waals surface area (Å²) in [6, 6.07) is 3.88. The predicted molar refractivity (Wildman–Crippen MR) is 122 cm³/mol. The smallest absolute Gasteiger partial charge is 0.417 e. The minimum atomic E-state index is -4.63. The summed E-state index contributed by atoms with van der Waals surface area (Å²) in [6.45, 7) is -0.364. The number of ether oxygens (including phenoxy) is 1. The number of nitrogens with zero attached hydrogens (tertiary/aromatic N) is 6. The van der Waals surface area contributed by atoms with Gasteiger partial charge in [0.2, 0.25) is 5.88 Å². The number of aromatic nitrogens is 3. The van der Waals surface area contributed by atoms with Crippen molar-refractivity contribution in [3.8, 4) is 5.88 Å². The molecule has 1 aromatic carbocycles. The van der Waals surface area contributed by atoms with Crippen molar-refractivity contribution in [1.82, 2.24) is 19.9 Å². The number of anilines is 1. The average molecular weight is 516 g/mol. The van der Waals surface area contributed by atoms with Gasteiger partial charge in [-0.3, -0.25) is 29.7 Å². The number of imide groups is 1. The van der Waals surface area contributed by atoms with Gasteiger partial charge < -0.3 is 4.74 Å². The Kier molecular flexibility index (Phi) is 6.09. The molecule has 5 rings (SSSR count). The number of carbonyl (C=O) groups excluding carboxylic acids is 2. The zero-order valence-electron chi connectivity index (χ0n) is 19.1. The molecule has 2 fully saturated rings. The lowest BCUT2D eigenvalue weighted by Gasteiger charge is -2.33. The summed E-state index contributed by atoms with van der Waals surface area (Å²) < 4.78 is 45.2. The van der Waals surface area contributed by atoms with Crippen LogP contribution in [0.5, 0.6) is 5.88 Å². The Labute approximate surface area is 207 Å². The first-order chi connectivity index (χ1) is 17.6. The number of pyridine rings is 1. The first-order valence-electron chi connectivity index (χ1n) is 11.3. The molecule has 2 aromatic heterocycles. The largest absolute Gasteiger partial charge is 0.474 e. The second-order valence-corrected chi connectivity index (χ2v) is 8.75. The van der Waals surface area contributed by atoms with Crippen LogP contribution in [0.1, 0.15) is 31.2 Å². The van der Waals surface area contributed by atoms with Gasteiger partial charge in [0.1, 0.15) is 19.0 Å². The van der Waals surface area contributed by atoms with Crippen molar-refractivity contribution in [2.24, 2.45) is 0 Å². The van der Waals surface area contributed by atoms with Crippen molar-refractivity contribution in [3.05, 3.63) is 58.7 Å². The van der Waals surface area contributed by atoms with Crippen LogP contribution in [0.2, 0.25) is 0 Å². The molecule has 0 radical (unpaired) electrons. The minimum Gasteiger partial charge on any atom is -0.474 e. The monoisotopic (exact) mass is 516 g/mol. The molecule has 0 bridgehead atoms. The molecule has 1 saturated carbocycles. The first-order valence-corrected chi connectivity index (χ1v) is 11.3. The van der Waals surface area contributed by atoms with Crippen LogP contribution in [-0.2, 0) is 11.0 Å². The minimum absolute atomic E-state index is 0.0939. The number of carbonyl (C=O) groups is 2. The maximum absolute atomic E-state index is 13.1. The lowest BCUT2D eigenvalue weighted by atomic mass is 9.92. The van der Waals surface area contributed by atoms with Crippen LogP contribution in [0.4, 0.5) is 29.3 Å². The number of halogens is 3. The Morgan fingerprint density at radius 2 is 1.81 bits per heavy atom. The summed E-state index contributed by atoms with van der Waals surface area (Å²) in [4.78, 5) is 50.1. The molecular formula is C23H19F3N6O5. The van der Waals surface area contributed by atoms with E-state index in [1.807, 2.05) is 0 Å². The molecule has 0 unspecified atom stereocenters. The summed E-state index contributed by atoms with van der Waals surface area (Å²) >= 11 is 0. The second kappa shape index (κ2) is 9.26. The zero-order valence-corrected chi connectivity index (χ0v) is 19.1. The molecule has 14 heteroatoms. The van der Waals surface area contributed by atoms with E-state index in [-0.39, 0.29) is 29.9 Å². The number of benzene rings is 1. The number of nitro groups is 1. The quantitative estimate of drug-likeness (QED) is 0.281. The molecule has 1 aliphatic heterocycles. The van der Waals surface area contributed by atoms with Crippen LogP contribution in [0.15, 0.2) is 43.0 Å². The Bertz CT molecular complexity index is 1390. The van der Waals surface area contributed by atoms with Crippen molar-refractivity contribution >= 4 is 34.2 Å². The van der Waals surface area contributed by atoms with Crippen LogP contribution in [0.25, 0.3) is 10.9 Å². The normalized spacial score (nSPS) is 20.5. The molecule has 3 heterocycles. The second-order valence-electron chi connectivity index (χ2n) is 8.75. The third-order valence-electron chi connectivity index (χ3n) is 6.44. The number of nitro benzene ring substituents is 1. The molecular weight excluding hydrogens is 497 g/mol. The molecule has 1 aliphatic carbocycles. The van der Waals surface area contributed by atoms with Gasteiger partial charge in [-0.05, 0) is 37.8 Å². The first kappa shape index (κ1) is 24.3. The molecule has 0 spiro atoms. The topological polar surface area (TPSA) is 132 Å². The highest BCUT2D eigenvalue weighted by atomic mass is 19.4. The van der Waals surface area contributed by atoms with Gasteiger partial charge in [0.15, 0.2) is 0 Å². The number of alkyl halides is 3. The molecule has 0 N–H and O–H groups in total. The molecule has 37 heavy (non-hydrogen) atoms. The van der Waals surface area contributed by atoms with Crippen LogP contribution >= 0.6 is 0 Å². The van der Waals surface area contributed by atoms with Crippen LogP contribution < -0.4 is 9.64 Å². The SMILES string of the molecule is O=C1CN(c2cncc(C(F)(F)F)c2)C(=O)N1C1CCC(Oc2ncnc3cc([N+](=O)[O-])ccc23)CC1. The summed E-state index contributed by atoms with van der Waals surface area (Å²) in [6.07, 6.45) is -0.0139. The van der Waals surface area contributed by atoms with E-state index < -0.39 is 34.6 Å². The number of hydrogen-bond donors (Lipinski definition) is 0. The van der Waals surface area contributed by atoms with Gasteiger partial charge in [0, 0.05) is 24.4 Å². The maximum atomic E-state index is 13.1. The van der Waals surface area contributed by atoms with E-state index in [1.54, 1.807) is 0 Å². The molecule has 0 atom stereocenters. The highest BCUT2D eigenvalue weighted by Gasteiger charge is 2.43. The van der Waals surface area contributed by atoms with E-state index in [2.05, 4.69) is 15.0 Å². The van der Waals surface area contributed by atoms with Crippen molar-refractivity contribution in [2.75, 3.05) is 11.4 Å². The average Bonchev–Trinajstić information content (AvgIpc) is 3.17. The number of rotatable bonds is 5. The van der Waals surface area contributed by atoms with E-state index >= 15 is 0 Å². The van der Waals surface area contributed by atoms with E-state index in [0.29, 0.717) is 42.8 Å². The molecule has 2 aliphatic rings. The van der Waals surface area contributed by atoms with Gasteiger partial charge in [0.25, 0.3) is 11.6 Å². The van der Waals surface area contributed by atoms with Gasteiger partial charge >= 0.3 is 12.2 Å². The van der Waals surface area contributed by atoms with E-state index in [0.717, 1.165) is 22.1 Å². The fourth-order valence-electron chi connectivity index (χ4n) is 4.62. The van der Waals surface area contributed by atoms with E-state index in [1.165, 1.54) is 24.5 Å². The molecule has 3 amide bonds. The highest BCUT2D eigenvalue weighted by molar-refractivity contribution is 6.12. The third-order valence-corrected chi connectivity index (χ3v) is 6.44. The van der Waals surface area contributed by atoms with Crippen molar-refractivity contribution < 1.29 is 32.4 Å². The number of amides is 3. The van der Waals surface area contributed by atoms with Crippen molar-refractivity contribution in [3.63, 3.8) is 0 Å². The van der Waals surface area contributed by atoms with Gasteiger partial charge in [0.05, 0.1) is 33.3 Å². The Hall–Kier alpha value is -4.36. The van der Waals surface area contributed by atoms with Crippen molar-refractivity contribution in [1.29, 1.82) is 0 Å². The zero-order chi connectivity index (χ0) is 26.3. The van der Waals surface area contributed by atoms with Gasteiger partial charge in [-0.1, -0.05) is 0 Å². The molecule has 3 aromatic rings. The highest BCUT2D eigenvalue weighted by Crippen LogP contribution is 2.34. The molecule has 11 nitrogen and oxygen atoms in total. The number of fused-ring (bicyclic) bond motifs is 1. The van der Waals surface area contributed by atoms with Gasteiger partial charge in [-0.2, -0.15) is 13.2 Å². The lowest BCUT2D eigenvalue weighted by Crippen LogP contribution is -2.44. The van der Waals surface area contributed by atoms with Gasteiger partial charge in [-0.25, -0.2) is 14.8 Å². The fourth-order valence-corrected chi connectivity index (χ4v) is 4.62.